The average molecular weight is 382 g/mol. The van der Waals surface area contributed by atoms with Crippen LogP contribution >= 0.6 is 0 Å². The lowest BCUT2D eigenvalue weighted by atomic mass is 10.0. The number of rotatable bonds is 10. The minimum absolute atomic E-state index is 0.103. The van der Waals surface area contributed by atoms with Crippen molar-refractivity contribution in [3.8, 4) is 5.75 Å². The molecule has 0 amide bonds. The highest BCUT2D eigenvalue weighted by molar-refractivity contribution is 6.09. The van der Waals surface area contributed by atoms with Gasteiger partial charge in [0.2, 0.25) is 0 Å². The maximum Gasteiger partial charge on any atom is 0.513 e. The molecule has 0 aromatic heterocycles. The van der Waals surface area contributed by atoms with Crippen LogP contribution in [-0.4, -0.2) is 31.1 Å². The molecule has 0 aliphatic carbocycles. The molecule has 0 saturated heterocycles. The Bertz CT molecular complexity index is 796. The summed E-state index contributed by atoms with van der Waals surface area (Å²) in [6.07, 6.45) is 2.36. The Kier molecular flexibility index (Phi) is 8.46. The highest BCUT2D eigenvalue weighted by atomic mass is 16.7. The summed E-state index contributed by atoms with van der Waals surface area (Å²) in [7, 11) is 0. The third-order valence-electron chi connectivity index (χ3n) is 3.77. The smallest absolute Gasteiger partial charge is 0.463 e. The van der Waals surface area contributed by atoms with Crippen molar-refractivity contribution in [3.05, 3.63) is 78.4 Å². The molecule has 0 heterocycles. The van der Waals surface area contributed by atoms with E-state index in [0.717, 1.165) is 12.5 Å². The van der Waals surface area contributed by atoms with Crippen LogP contribution in [0.3, 0.4) is 0 Å². The van der Waals surface area contributed by atoms with E-state index in [-0.39, 0.29) is 12.4 Å². The number of hydrogen-bond acceptors (Lipinski definition) is 6. The first-order valence-corrected chi connectivity index (χ1v) is 8.94. The quantitative estimate of drug-likeness (QED) is 0.200. The van der Waals surface area contributed by atoms with Gasteiger partial charge in [-0.05, 0) is 43.5 Å². The molecule has 0 spiro atoms. The Morgan fingerprint density at radius 1 is 0.786 bits per heavy atom. The summed E-state index contributed by atoms with van der Waals surface area (Å²) >= 11 is 0. The highest BCUT2D eigenvalue weighted by Crippen LogP contribution is 2.16. The van der Waals surface area contributed by atoms with Gasteiger partial charge in [0.25, 0.3) is 0 Å². The summed E-state index contributed by atoms with van der Waals surface area (Å²) in [4.78, 5) is 34.8. The van der Waals surface area contributed by atoms with E-state index in [2.05, 4.69) is 6.58 Å². The molecule has 2 aromatic rings. The van der Waals surface area contributed by atoms with Crippen LogP contribution in [0.5, 0.6) is 5.75 Å². The topological polar surface area (TPSA) is 78.9 Å². The predicted molar refractivity (Wildman–Crippen MR) is 103 cm³/mol. The molecule has 0 N–H and O–H groups in total. The van der Waals surface area contributed by atoms with Gasteiger partial charge in [0.15, 0.2) is 5.78 Å². The third-order valence-corrected chi connectivity index (χ3v) is 3.77. The number of unbranched alkanes of at least 4 members (excludes halogenated alkanes) is 2. The molecule has 0 saturated carbocycles. The number of ketones is 1. The van der Waals surface area contributed by atoms with E-state index in [0.29, 0.717) is 36.3 Å². The van der Waals surface area contributed by atoms with Gasteiger partial charge in [-0.15, -0.1) is 0 Å². The van der Waals surface area contributed by atoms with Crippen molar-refractivity contribution < 1.29 is 28.6 Å². The van der Waals surface area contributed by atoms with E-state index in [1.807, 2.05) is 6.07 Å². The predicted octanol–water partition coefficient (Wildman–Crippen LogP) is 4.33. The van der Waals surface area contributed by atoms with Gasteiger partial charge in [-0.3, -0.25) is 4.79 Å². The molecule has 2 aromatic carbocycles. The summed E-state index contributed by atoms with van der Waals surface area (Å²) in [5, 5.41) is 0. The van der Waals surface area contributed by atoms with E-state index < -0.39 is 12.1 Å². The lowest BCUT2D eigenvalue weighted by molar-refractivity contribution is -0.137. The van der Waals surface area contributed by atoms with Gasteiger partial charge in [-0.1, -0.05) is 36.9 Å². The molecule has 6 nitrogen and oxygen atoms in total. The zero-order valence-corrected chi connectivity index (χ0v) is 15.5. The second-order valence-electron chi connectivity index (χ2n) is 5.85. The zero-order valence-electron chi connectivity index (χ0n) is 15.5. The van der Waals surface area contributed by atoms with Crippen molar-refractivity contribution in [2.45, 2.75) is 19.3 Å². The van der Waals surface area contributed by atoms with E-state index >= 15 is 0 Å². The molecule has 0 bridgehead atoms. The second kappa shape index (κ2) is 11.3. The largest absolute Gasteiger partial charge is 0.513 e. The summed E-state index contributed by atoms with van der Waals surface area (Å²) in [5.74, 6) is -0.254. The Morgan fingerprint density at radius 3 is 2.04 bits per heavy atom. The van der Waals surface area contributed by atoms with Crippen molar-refractivity contribution in [2.24, 2.45) is 0 Å². The average Bonchev–Trinajstić information content (AvgIpc) is 2.73. The normalized spacial score (nSPS) is 10.0. The van der Waals surface area contributed by atoms with Crippen LogP contribution in [0, 0.1) is 0 Å². The molecule has 28 heavy (non-hydrogen) atoms. The Labute approximate surface area is 163 Å². The summed E-state index contributed by atoms with van der Waals surface area (Å²) < 4.78 is 14.9. The number of ether oxygens (including phenoxy) is 3. The molecular weight excluding hydrogens is 360 g/mol. The van der Waals surface area contributed by atoms with Crippen LogP contribution in [0.25, 0.3) is 0 Å². The lowest BCUT2D eigenvalue weighted by Gasteiger charge is -2.07. The van der Waals surface area contributed by atoms with E-state index in [4.69, 9.17) is 14.2 Å². The molecule has 0 aliphatic heterocycles. The first-order chi connectivity index (χ1) is 13.6. The van der Waals surface area contributed by atoms with E-state index in [1.54, 1.807) is 48.5 Å². The minimum Gasteiger partial charge on any atom is -0.463 e. The molecule has 0 aliphatic rings. The molecule has 2 rings (SSSR count). The van der Waals surface area contributed by atoms with Crippen LogP contribution in [0.1, 0.15) is 35.2 Å². The fraction of sp³-hybridized carbons (Fsp3) is 0.227. The van der Waals surface area contributed by atoms with Gasteiger partial charge < -0.3 is 14.2 Å². The van der Waals surface area contributed by atoms with Gasteiger partial charge in [0.05, 0.1) is 13.2 Å². The Balaban J connectivity index is 1.68. The third kappa shape index (κ3) is 7.07. The molecule has 146 valence electrons. The van der Waals surface area contributed by atoms with Gasteiger partial charge >= 0.3 is 12.1 Å². The minimum atomic E-state index is -0.805. The lowest BCUT2D eigenvalue weighted by Crippen LogP contribution is -2.12. The van der Waals surface area contributed by atoms with Gasteiger partial charge in [-0.25, -0.2) is 9.59 Å². The van der Waals surface area contributed by atoms with Gasteiger partial charge in [0.1, 0.15) is 5.75 Å². The highest BCUT2D eigenvalue weighted by Gasteiger charge is 2.10. The van der Waals surface area contributed by atoms with Crippen molar-refractivity contribution >= 4 is 17.9 Å². The fourth-order valence-electron chi connectivity index (χ4n) is 2.32. The fourth-order valence-corrected chi connectivity index (χ4v) is 2.32. The molecule has 0 fully saturated rings. The van der Waals surface area contributed by atoms with Crippen LogP contribution in [0.4, 0.5) is 4.79 Å². The monoisotopic (exact) mass is 382 g/mol. The number of esters is 1. The van der Waals surface area contributed by atoms with Crippen molar-refractivity contribution in [3.63, 3.8) is 0 Å². The van der Waals surface area contributed by atoms with Crippen molar-refractivity contribution in [2.75, 3.05) is 13.2 Å². The van der Waals surface area contributed by atoms with Gasteiger partial charge in [-0.2, -0.15) is 0 Å². The van der Waals surface area contributed by atoms with Crippen LogP contribution in [-0.2, 0) is 14.3 Å². The molecule has 0 radical (unpaired) electrons. The van der Waals surface area contributed by atoms with Gasteiger partial charge in [0, 0.05) is 17.2 Å². The van der Waals surface area contributed by atoms with Crippen LogP contribution in [0.15, 0.2) is 67.3 Å². The van der Waals surface area contributed by atoms with Crippen molar-refractivity contribution in [1.82, 2.24) is 0 Å². The van der Waals surface area contributed by atoms with Crippen molar-refractivity contribution in [1.29, 1.82) is 0 Å². The maximum atomic E-state index is 12.3. The molecule has 0 unspecified atom stereocenters. The maximum absolute atomic E-state index is 12.3. The van der Waals surface area contributed by atoms with Crippen LogP contribution in [0.2, 0.25) is 0 Å². The summed E-state index contributed by atoms with van der Waals surface area (Å²) in [6, 6.07) is 15.2. The number of carbonyl (C=O) groups excluding carboxylic acids is 3. The van der Waals surface area contributed by atoms with E-state index in [1.165, 1.54) is 0 Å². The standard InChI is InChI=1S/C22H22O6/c1-2-20(23)26-15-7-4-8-16-27-22(25)28-19-13-11-18(12-14-19)21(24)17-9-5-3-6-10-17/h2-3,5-6,9-14H,1,4,7-8,15-16H2. The number of benzene rings is 2. The van der Waals surface area contributed by atoms with Crippen LogP contribution < -0.4 is 4.74 Å². The number of hydrogen-bond donors (Lipinski definition) is 0. The molecule has 0 atom stereocenters. The second-order valence-corrected chi connectivity index (χ2v) is 5.85. The Morgan fingerprint density at radius 2 is 1.39 bits per heavy atom. The molecule has 6 heteroatoms. The molecular formula is C22H22O6. The Hall–Kier alpha value is -3.41. The zero-order chi connectivity index (χ0) is 20.2. The SMILES string of the molecule is C=CC(=O)OCCCCCOC(=O)Oc1ccc(C(=O)c2ccccc2)cc1. The first-order valence-electron chi connectivity index (χ1n) is 8.94. The van der Waals surface area contributed by atoms with E-state index in [9.17, 15) is 14.4 Å². The first kappa shape index (κ1) is 20.9. The summed E-state index contributed by atoms with van der Waals surface area (Å²) in [5.41, 5.74) is 1.10. The number of carbonyl (C=O) groups is 3. The summed E-state index contributed by atoms with van der Waals surface area (Å²) in [6.45, 7) is 3.82.